The number of benzene rings is 2. The lowest BCUT2D eigenvalue weighted by atomic mass is 10.1. The van der Waals surface area contributed by atoms with Gasteiger partial charge in [0.1, 0.15) is 5.69 Å². The van der Waals surface area contributed by atoms with Gasteiger partial charge in [0.05, 0.1) is 12.5 Å². The summed E-state index contributed by atoms with van der Waals surface area (Å²) >= 11 is 0. The molecule has 3 rings (SSSR count). The zero-order chi connectivity index (χ0) is 19.2. The second-order valence-corrected chi connectivity index (χ2v) is 6.35. The molecule has 27 heavy (non-hydrogen) atoms. The van der Waals surface area contributed by atoms with E-state index in [0.717, 1.165) is 17.4 Å². The van der Waals surface area contributed by atoms with Crippen molar-refractivity contribution in [1.82, 2.24) is 10.5 Å². The minimum Gasteiger partial charge on any atom is -0.455 e. The Morgan fingerprint density at radius 1 is 1.15 bits per heavy atom. The zero-order valence-electron chi connectivity index (χ0n) is 15.4. The molecular weight excluding hydrogens is 344 g/mol. The molecule has 0 unspecified atom stereocenters. The molecule has 0 saturated carbocycles. The average Bonchev–Trinajstić information content (AvgIpc) is 3.09. The fourth-order valence-electron chi connectivity index (χ4n) is 2.81. The molecule has 140 valence electrons. The molecule has 6 nitrogen and oxygen atoms in total. The Morgan fingerprint density at radius 3 is 2.63 bits per heavy atom. The van der Waals surface area contributed by atoms with Gasteiger partial charge >= 0.3 is 5.97 Å². The van der Waals surface area contributed by atoms with E-state index in [9.17, 15) is 9.59 Å². The lowest BCUT2D eigenvalue weighted by Crippen LogP contribution is -2.31. The highest BCUT2D eigenvalue weighted by Gasteiger charge is 2.15. The Kier molecular flexibility index (Phi) is 5.86. The number of aryl methyl sites for hydroxylation is 1. The van der Waals surface area contributed by atoms with Crippen LogP contribution in [0.25, 0.3) is 11.0 Å². The summed E-state index contributed by atoms with van der Waals surface area (Å²) in [7, 11) is 0. The van der Waals surface area contributed by atoms with Crippen LogP contribution in [0.1, 0.15) is 36.7 Å². The summed E-state index contributed by atoms with van der Waals surface area (Å²) in [6.07, 6.45) is 0.927. The minimum atomic E-state index is -0.524. The molecule has 1 N–H and O–H groups in total. The van der Waals surface area contributed by atoms with Gasteiger partial charge in [0.2, 0.25) is 0 Å². The Bertz CT molecular complexity index is 931. The van der Waals surface area contributed by atoms with E-state index in [1.54, 1.807) is 6.07 Å². The Morgan fingerprint density at radius 2 is 1.89 bits per heavy atom. The predicted molar refractivity (Wildman–Crippen MR) is 101 cm³/mol. The van der Waals surface area contributed by atoms with Gasteiger partial charge in [-0.1, -0.05) is 48.5 Å². The zero-order valence-corrected chi connectivity index (χ0v) is 15.4. The number of hydrogen-bond donors (Lipinski definition) is 1. The molecule has 1 amide bonds. The van der Waals surface area contributed by atoms with E-state index in [1.165, 1.54) is 5.56 Å². The lowest BCUT2D eigenvalue weighted by molar-refractivity contribution is -0.148. The van der Waals surface area contributed by atoms with Crippen molar-refractivity contribution >= 4 is 22.8 Å². The molecule has 0 saturated heterocycles. The van der Waals surface area contributed by atoms with E-state index in [1.807, 2.05) is 49.4 Å². The van der Waals surface area contributed by atoms with E-state index in [2.05, 4.69) is 17.4 Å². The third-order valence-corrected chi connectivity index (χ3v) is 4.39. The first-order valence-corrected chi connectivity index (χ1v) is 8.94. The van der Waals surface area contributed by atoms with E-state index in [4.69, 9.17) is 9.26 Å². The molecule has 3 aromatic rings. The van der Waals surface area contributed by atoms with Crippen molar-refractivity contribution in [2.75, 3.05) is 6.61 Å². The van der Waals surface area contributed by atoms with Crippen molar-refractivity contribution in [2.45, 2.75) is 32.7 Å². The van der Waals surface area contributed by atoms with Gasteiger partial charge in [-0.15, -0.1) is 0 Å². The monoisotopic (exact) mass is 366 g/mol. The quantitative estimate of drug-likeness (QED) is 0.649. The first kappa shape index (κ1) is 18.6. The molecule has 2 aromatic carbocycles. The van der Waals surface area contributed by atoms with E-state index in [0.29, 0.717) is 11.3 Å². The number of carbonyl (C=O) groups excluding carboxylic acids is 2. The number of aromatic nitrogens is 1. The Balaban J connectivity index is 1.48. The number of ether oxygens (including phenoxy) is 1. The van der Waals surface area contributed by atoms with Crippen LogP contribution in [0, 0.1) is 0 Å². The maximum Gasteiger partial charge on any atom is 0.312 e. The summed E-state index contributed by atoms with van der Waals surface area (Å²) in [5.74, 6) is -0.871. The minimum absolute atomic E-state index is 0.0433. The third kappa shape index (κ3) is 4.73. The van der Waals surface area contributed by atoms with Gasteiger partial charge in [-0.25, -0.2) is 0 Å². The van der Waals surface area contributed by atoms with Crippen molar-refractivity contribution in [3.63, 3.8) is 0 Å². The normalized spacial score (nSPS) is 11.9. The number of hydrogen-bond acceptors (Lipinski definition) is 5. The van der Waals surface area contributed by atoms with Crippen molar-refractivity contribution in [1.29, 1.82) is 0 Å². The molecule has 0 fully saturated rings. The van der Waals surface area contributed by atoms with Crippen LogP contribution < -0.4 is 5.32 Å². The molecule has 0 spiro atoms. The van der Waals surface area contributed by atoms with Crippen LogP contribution in [-0.4, -0.2) is 23.6 Å². The summed E-state index contributed by atoms with van der Waals surface area (Å²) in [5, 5.41) is 7.48. The summed E-state index contributed by atoms with van der Waals surface area (Å²) in [5.41, 5.74) is 3.36. The van der Waals surface area contributed by atoms with Gasteiger partial charge in [0, 0.05) is 5.39 Å². The first-order valence-electron chi connectivity index (χ1n) is 8.94. The number of para-hydroxylation sites is 1. The van der Waals surface area contributed by atoms with Gasteiger partial charge < -0.3 is 14.6 Å². The number of amides is 1. The smallest absolute Gasteiger partial charge is 0.312 e. The molecule has 0 aliphatic rings. The van der Waals surface area contributed by atoms with Crippen LogP contribution in [0.15, 0.2) is 53.1 Å². The molecule has 0 aliphatic carbocycles. The number of rotatable bonds is 7. The summed E-state index contributed by atoms with van der Waals surface area (Å²) in [6, 6.07) is 15.2. The number of fused-ring (bicyclic) bond motifs is 1. The molecule has 1 aromatic heterocycles. The summed E-state index contributed by atoms with van der Waals surface area (Å²) in [4.78, 5) is 24.0. The van der Waals surface area contributed by atoms with Gasteiger partial charge in [0.15, 0.2) is 12.2 Å². The maximum absolute atomic E-state index is 12.0. The number of nitrogens with one attached hydrogen (secondary N) is 1. The van der Waals surface area contributed by atoms with Crippen LogP contribution in [0.4, 0.5) is 0 Å². The molecule has 1 heterocycles. The van der Waals surface area contributed by atoms with Crippen molar-refractivity contribution in [3.8, 4) is 0 Å². The largest absolute Gasteiger partial charge is 0.455 e. The lowest BCUT2D eigenvalue weighted by Gasteiger charge is -2.14. The molecule has 0 radical (unpaired) electrons. The highest BCUT2D eigenvalue weighted by Crippen LogP contribution is 2.18. The fourth-order valence-corrected chi connectivity index (χ4v) is 2.81. The SMILES string of the molecule is CCc1ccc([C@H](C)NC(=O)COC(=O)Cc2noc3ccccc23)cc1. The highest BCUT2D eigenvalue weighted by molar-refractivity contribution is 5.85. The van der Waals surface area contributed by atoms with Crippen LogP contribution in [-0.2, 0) is 27.2 Å². The van der Waals surface area contributed by atoms with Crippen molar-refractivity contribution in [2.24, 2.45) is 0 Å². The second kappa shape index (κ2) is 8.49. The average molecular weight is 366 g/mol. The van der Waals surface area contributed by atoms with Crippen LogP contribution in [0.5, 0.6) is 0 Å². The number of esters is 1. The predicted octanol–water partition coefficient (Wildman–Crippen LogP) is 3.35. The number of nitrogens with zero attached hydrogens (tertiary/aromatic N) is 1. The van der Waals surface area contributed by atoms with Gasteiger partial charge in [-0.05, 0) is 36.6 Å². The van der Waals surface area contributed by atoms with Gasteiger partial charge in [-0.2, -0.15) is 0 Å². The summed E-state index contributed by atoms with van der Waals surface area (Å²) < 4.78 is 10.2. The van der Waals surface area contributed by atoms with E-state index >= 15 is 0 Å². The topological polar surface area (TPSA) is 81.4 Å². The van der Waals surface area contributed by atoms with Crippen LogP contribution >= 0.6 is 0 Å². The second-order valence-electron chi connectivity index (χ2n) is 6.35. The Hall–Kier alpha value is -3.15. The molecule has 1 atom stereocenters. The number of carbonyl (C=O) groups is 2. The van der Waals surface area contributed by atoms with E-state index in [-0.39, 0.29) is 25.0 Å². The third-order valence-electron chi connectivity index (χ3n) is 4.39. The van der Waals surface area contributed by atoms with Gasteiger partial charge in [-0.3, -0.25) is 9.59 Å². The Labute approximate surface area is 157 Å². The van der Waals surface area contributed by atoms with Crippen molar-refractivity contribution < 1.29 is 18.8 Å². The molecule has 6 heteroatoms. The van der Waals surface area contributed by atoms with Crippen molar-refractivity contribution in [3.05, 3.63) is 65.4 Å². The molecule has 0 aliphatic heterocycles. The standard InChI is InChI=1S/C21H22N2O4/c1-3-15-8-10-16(11-9-15)14(2)22-20(24)13-26-21(25)12-18-17-6-4-5-7-19(17)27-23-18/h4-11,14H,3,12-13H2,1-2H3,(H,22,24)/t14-/m0/s1. The highest BCUT2D eigenvalue weighted by atomic mass is 16.5. The molecular formula is C21H22N2O4. The van der Waals surface area contributed by atoms with Crippen LogP contribution in [0.3, 0.4) is 0 Å². The van der Waals surface area contributed by atoms with Gasteiger partial charge in [0.25, 0.3) is 5.91 Å². The van der Waals surface area contributed by atoms with E-state index < -0.39 is 5.97 Å². The van der Waals surface area contributed by atoms with Crippen LogP contribution in [0.2, 0.25) is 0 Å². The fraction of sp³-hybridized carbons (Fsp3) is 0.286. The first-order chi connectivity index (χ1) is 13.1. The molecule has 0 bridgehead atoms. The maximum atomic E-state index is 12.0. The summed E-state index contributed by atoms with van der Waals surface area (Å²) in [6.45, 7) is 3.66.